The second-order valence-corrected chi connectivity index (χ2v) is 9.07. The van der Waals surface area contributed by atoms with Crippen molar-refractivity contribution in [3.63, 3.8) is 0 Å². The molecule has 3 aromatic rings. The van der Waals surface area contributed by atoms with Crippen molar-refractivity contribution >= 4 is 11.6 Å². The maximum absolute atomic E-state index is 12.7. The standard InChI is InChI=1S/C21H26N6O3/c1-21(2,3)30-20(28)27-14-5-6-16(27)18(9-14)29-19-17-7-8-22-26(17)12-15(24-19)13-10-23-25(4)11-13/h7-8,10-12,14,16,18H,5-6,9H2,1-4H3/t14?,16?,18-/m1/s1. The van der Waals surface area contributed by atoms with Crippen molar-refractivity contribution in [3.8, 4) is 17.1 Å². The first-order valence-electron chi connectivity index (χ1n) is 10.3. The van der Waals surface area contributed by atoms with Crippen LogP contribution in [0.4, 0.5) is 4.79 Å². The second kappa shape index (κ2) is 6.72. The maximum Gasteiger partial charge on any atom is 0.410 e. The number of nitrogens with zero attached hydrogens (tertiary/aromatic N) is 6. The third kappa shape index (κ3) is 3.28. The summed E-state index contributed by atoms with van der Waals surface area (Å²) in [7, 11) is 1.87. The van der Waals surface area contributed by atoms with E-state index >= 15 is 0 Å². The van der Waals surface area contributed by atoms with Crippen LogP contribution in [0.25, 0.3) is 16.8 Å². The molecule has 9 nitrogen and oxygen atoms in total. The number of carbonyl (C=O) groups is 1. The largest absolute Gasteiger partial charge is 0.471 e. The van der Waals surface area contributed by atoms with Crippen molar-refractivity contribution in [1.82, 2.24) is 29.3 Å². The molecule has 0 saturated carbocycles. The van der Waals surface area contributed by atoms with Gasteiger partial charge in [0.2, 0.25) is 5.88 Å². The molecule has 158 valence electrons. The molecule has 3 atom stereocenters. The van der Waals surface area contributed by atoms with Gasteiger partial charge in [-0.15, -0.1) is 0 Å². The Hall–Kier alpha value is -3.10. The van der Waals surface area contributed by atoms with Crippen LogP contribution in [0.5, 0.6) is 5.88 Å². The van der Waals surface area contributed by atoms with Crippen LogP contribution in [-0.4, -0.2) is 59.2 Å². The van der Waals surface area contributed by atoms with Crippen LogP contribution in [0.3, 0.4) is 0 Å². The fourth-order valence-corrected chi connectivity index (χ4v) is 4.48. The van der Waals surface area contributed by atoms with Crippen LogP contribution in [0.15, 0.2) is 30.9 Å². The molecular formula is C21H26N6O3. The lowest BCUT2D eigenvalue weighted by Crippen LogP contribution is -2.42. The van der Waals surface area contributed by atoms with E-state index in [1.54, 1.807) is 21.6 Å². The number of amides is 1. The third-order valence-corrected chi connectivity index (χ3v) is 5.70. The van der Waals surface area contributed by atoms with E-state index in [0.29, 0.717) is 5.88 Å². The van der Waals surface area contributed by atoms with Gasteiger partial charge in [0.25, 0.3) is 0 Å². The van der Waals surface area contributed by atoms with Crippen molar-refractivity contribution in [2.75, 3.05) is 0 Å². The predicted molar refractivity (Wildman–Crippen MR) is 109 cm³/mol. The molecule has 0 aliphatic carbocycles. The quantitative estimate of drug-likeness (QED) is 0.660. The van der Waals surface area contributed by atoms with Gasteiger partial charge in [-0.05, 0) is 39.7 Å². The first-order chi connectivity index (χ1) is 14.3. The lowest BCUT2D eigenvalue weighted by atomic mass is 9.98. The lowest BCUT2D eigenvalue weighted by molar-refractivity contribution is 0.0181. The summed E-state index contributed by atoms with van der Waals surface area (Å²) in [4.78, 5) is 19.4. The van der Waals surface area contributed by atoms with E-state index < -0.39 is 5.60 Å². The van der Waals surface area contributed by atoms with Crippen LogP contribution < -0.4 is 4.74 Å². The fraction of sp³-hybridized carbons (Fsp3) is 0.524. The van der Waals surface area contributed by atoms with Gasteiger partial charge in [0, 0.05) is 31.3 Å². The summed E-state index contributed by atoms with van der Waals surface area (Å²) in [6.07, 6.45) is 9.56. The van der Waals surface area contributed by atoms with Gasteiger partial charge in [0.15, 0.2) is 0 Å². The molecule has 2 aliphatic heterocycles. The summed E-state index contributed by atoms with van der Waals surface area (Å²) in [6, 6.07) is 2.03. The van der Waals surface area contributed by atoms with E-state index in [1.807, 2.05) is 51.2 Å². The molecule has 2 fully saturated rings. The first-order valence-corrected chi connectivity index (χ1v) is 10.3. The van der Waals surface area contributed by atoms with Gasteiger partial charge >= 0.3 is 6.09 Å². The van der Waals surface area contributed by atoms with Gasteiger partial charge in [-0.3, -0.25) is 9.58 Å². The summed E-state index contributed by atoms with van der Waals surface area (Å²) in [5, 5.41) is 8.59. The molecule has 2 unspecified atom stereocenters. The minimum atomic E-state index is -0.515. The maximum atomic E-state index is 12.7. The Labute approximate surface area is 174 Å². The Balaban J connectivity index is 1.42. The number of aryl methyl sites for hydroxylation is 1. The summed E-state index contributed by atoms with van der Waals surface area (Å²) >= 11 is 0. The number of ether oxygens (including phenoxy) is 2. The highest BCUT2D eigenvalue weighted by atomic mass is 16.6. The van der Waals surface area contributed by atoms with E-state index in [4.69, 9.17) is 14.5 Å². The van der Waals surface area contributed by atoms with Crippen LogP contribution in [0.2, 0.25) is 0 Å². The minimum absolute atomic E-state index is 0.00308. The van der Waals surface area contributed by atoms with Crippen molar-refractivity contribution in [2.24, 2.45) is 7.05 Å². The Bertz CT molecular complexity index is 1100. The number of hydrogen-bond donors (Lipinski definition) is 0. The fourth-order valence-electron chi connectivity index (χ4n) is 4.48. The summed E-state index contributed by atoms with van der Waals surface area (Å²) in [5.41, 5.74) is 1.91. The van der Waals surface area contributed by atoms with E-state index in [-0.39, 0.29) is 24.3 Å². The normalized spacial score (nSPS) is 23.3. The van der Waals surface area contributed by atoms with Crippen molar-refractivity contribution < 1.29 is 14.3 Å². The van der Waals surface area contributed by atoms with Crippen molar-refractivity contribution in [1.29, 1.82) is 0 Å². The summed E-state index contributed by atoms with van der Waals surface area (Å²) < 4.78 is 15.5. The Morgan fingerprint density at radius 2 is 2.03 bits per heavy atom. The number of hydrogen-bond acceptors (Lipinski definition) is 6. The van der Waals surface area contributed by atoms with Crippen LogP contribution in [-0.2, 0) is 11.8 Å². The summed E-state index contributed by atoms with van der Waals surface area (Å²) in [6.45, 7) is 5.67. The van der Waals surface area contributed by atoms with Gasteiger partial charge in [0.05, 0.1) is 30.3 Å². The molecule has 0 spiro atoms. The monoisotopic (exact) mass is 410 g/mol. The molecule has 2 aliphatic rings. The molecule has 5 heterocycles. The van der Waals surface area contributed by atoms with Gasteiger partial charge in [-0.2, -0.15) is 10.2 Å². The Morgan fingerprint density at radius 1 is 1.20 bits per heavy atom. The molecule has 1 amide bonds. The third-order valence-electron chi connectivity index (χ3n) is 5.70. The number of carbonyl (C=O) groups excluding carboxylic acids is 1. The highest BCUT2D eigenvalue weighted by Crippen LogP contribution is 2.41. The molecule has 0 N–H and O–H groups in total. The van der Waals surface area contributed by atoms with Gasteiger partial charge in [0.1, 0.15) is 17.2 Å². The van der Waals surface area contributed by atoms with E-state index in [9.17, 15) is 4.79 Å². The molecule has 0 aromatic carbocycles. The van der Waals surface area contributed by atoms with Gasteiger partial charge in [-0.1, -0.05) is 0 Å². The van der Waals surface area contributed by atoms with Crippen LogP contribution >= 0.6 is 0 Å². The number of fused-ring (bicyclic) bond motifs is 3. The Kier molecular flexibility index (Phi) is 4.23. The SMILES string of the molecule is Cn1cc(-c2cn3nccc3c(O[C@@H]3CC4CCC3N4C(=O)OC(C)(C)C)n2)cn1. The number of aromatic nitrogens is 5. The highest BCUT2D eigenvalue weighted by Gasteiger charge is 2.51. The van der Waals surface area contributed by atoms with Crippen LogP contribution in [0, 0.1) is 0 Å². The van der Waals surface area contributed by atoms with E-state index in [2.05, 4.69) is 10.2 Å². The van der Waals surface area contributed by atoms with E-state index in [0.717, 1.165) is 36.0 Å². The number of rotatable bonds is 3. The van der Waals surface area contributed by atoms with Crippen LogP contribution in [0.1, 0.15) is 40.0 Å². The second-order valence-electron chi connectivity index (χ2n) is 9.07. The zero-order valence-corrected chi connectivity index (χ0v) is 17.6. The highest BCUT2D eigenvalue weighted by molar-refractivity contribution is 5.70. The van der Waals surface area contributed by atoms with Gasteiger partial charge in [-0.25, -0.2) is 14.3 Å². The van der Waals surface area contributed by atoms with Crippen molar-refractivity contribution in [2.45, 2.75) is 63.8 Å². The van der Waals surface area contributed by atoms with Crippen molar-refractivity contribution in [3.05, 3.63) is 30.9 Å². The van der Waals surface area contributed by atoms with Gasteiger partial charge < -0.3 is 9.47 Å². The summed E-state index contributed by atoms with van der Waals surface area (Å²) in [5.74, 6) is 0.524. The average Bonchev–Trinajstić information content (AvgIpc) is 3.42. The molecule has 30 heavy (non-hydrogen) atoms. The minimum Gasteiger partial charge on any atom is -0.471 e. The zero-order chi connectivity index (χ0) is 21.0. The first kappa shape index (κ1) is 18.9. The molecule has 2 saturated heterocycles. The van der Waals surface area contributed by atoms with E-state index in [1.165, 1.54) is 0 Å². The Morgan fingerprint density at radius 3 is 2.77 bits per heavy atom. The zero-order valence-electron chi connectivity index (χ0n) is 17.6. The molecule has 2 bridgehead atoms. The topological polar surface area (TPSA) is 86.8 Å². The molecule has 5 rings (SSSR count). The molecular weight excluding hydrogens is 384 g/mol. The lowest BCUT2D eigenvalue weighted by Gasteiger charge is -2.28. The molecule has 9 heteroatoms. The average molecular weight is 410 g/mol. The molecule has 3 aromatic heterocycles. The predicted octanol–water partition coefficient (Wildman–Crippen LogP) is 3.05. The molecule has 0 radical (unpaired) electrons. The smallest absolute Gasteiger partial charge is 0.410 e.